The summed E-state index contributed by atoms with van der Waals surface area (Å²) < 4.78 is 0. The van der Waals surface area contributed by atoms with Crippen LogP contribution in [0.4, 0.5) is 0 Å². The SMILES string of the molecule is CCc1ccc2nc(-c3c(C)cc(C)cc3C)[nH]c2c1. The first-order valence-corrected chi connectivity index (χ1v) is 7.15. The maximum absolute atomic E-state index is 4.75. The monoisotopic (exact) mass is 264 g/mol. The lowest BCUT2D eigenvalue weighted by Crippen LogP contribution is -1.91. The average molecular weight is 264 g/mol. The third-order valence-electron chi connectivity index (χ3n) is 3.87. The van der Waals surface area contributed by atoms with E-state index in [1.54, 1.807) is 0 Å². The van der Waals surface area contributed by atoms with Crippen LogP contribution in [0.2, 0.25) is 0 Å². The maximum atomic E-state index is 4.75. The number of H-pyrrole nitrogens is 1. The molecule has 0 aliphatic heterocycles. The minimum Gasteiger partial charge on any atom is -0.338 e. The number of hydrogen-bond acceptors (Lipinski definition) is 1. The summed E-state index contributed by atoms with van der Waals surface area (Å²) in [5.74, 6) is 0.975. The van der Waals surface area contributed by atoms with Gasteiger partial charge in [-0.1, -0.05) is 30.7 Å². The molecule has 0 bridgehead atoms. The van der Waals surface area contributed by atoms with E-state index in [0.717, 1.165) is 23.3 Å². The number of hydrogen-bond donors (Lipinski definition) is 1. The summed E-state index contributed by atoms with van der Waals surface area (Å²) in [7, 11) is 0. The van der Waals surface area contributed by atoms with Gasteiger partial charge in [-0.25, -0.2) is 4.98 Å². The van der Waals surface area contributed by atoms with Crippen LogP contribution < -0.4 is 0 Å². The lowest BCUT2D eigenvalue weighted by atomic mass is 9.99. The molecule has 1 aromatic heterocycles. The molecular weight excluding hydrogens is 244 g/mol. The highest BCUT2D eigenvalue weighted by atomic mass is 14.9. The molecule has 0 radical (unpaired) electrons. The van der Waals surface area contributed by atoms with Crippen molar-refractivity contribution in [3.63, 3.8) is 0 Å². The molecule has 0 saturated heterocycles. The van der Waals surface area contributed by atoms with E-state index < -0.39 is 0 Å². The number of aromatic nitrogens is 2. The molecule has 2 heteroatoms. The van der Waals surface area contributed by atoms with Gasteiger partial charge in [0.2, 0.25) is 0 Å². The average Bonchev–Trinajstić information content (AvgIpc) is 2.79. The van der Waals surface area contributed by atoms with Crippen LogP contribution in [0.25, 0.3) is 22.4 Å². The van der Waals surface area contributed by atoms with Crippen molar-refractivity contribution in [1.82, 2.24) is 9.97 Å². The minimum absolute atomic E-state index is 0.975. The summed E-state index contributed by atoms with van der Waals surface area (Å²) in [5.41, 5.74) is 8.58. The second-order valence-electron chi connectivity index (χ2n) is 5.56. The zero-order valence-corrected chi connectivity index (χ0v) is 12.5. The molecule has 0 fully saturated rings. The summed E-state index contributed by atoms with van der Waals surface area (Å²) in [6, 6.07) is 10.9. The zero-order valence-electron chi connectivity index (χ0n) is 12.5. The molecule has 1 heterocycles. The number of aryl methyl sites for hydroxylation is 4. The quantitative estimate of drug-likeness (QED) is 0.713. The van der Waals surface area contributed by atoms with Crippen LogP contribution in [0.15, 0.2) is 30.3 Å². The van der Waals surface area contributed by atoms with Crippen LogP contribution in [0.1, 0.15) is 29.2 Å². The molecule has 1 N–H and O–H groups in total. The van der Waals surface area contributed by atoms with Gasteiger partial charge in [-0.3, -0.25) is 0 Å². The van der Waals surface area contributed by atoms with Crippen molar-refractivity contribution in [3.8, 4) is 11.4 Å². The molecule has 0 aliphatic carbocycles. The Labute approximate surface area is 119 Å². The van der Waals surface area contributed by atoms with E-state index in [4.69, 9.17) is 4.98 Å². The van der Waals surface area contributed by atoms with Crippen LogP contribution in [-0.2, 0) is 6.42 Å². The number of nitrogens with one attached hydrogen (secondary N) is 1. The molecule has 2 aromatic carbocycles. The fourth-order valence-corrected chi connectivity index (χ4v) is 2.95. The van der Waals surface area contributed by atoms with Gasteiger partial charge in [0, 0.05) is 5.56 Å². The fraction of sp³-hybridized carbons (Fsp3) is 0.278. The van der Waals surface area contributed by atoms with Gasteiger partial charge in [0.15, 0.2) is 0 Å². The molecule has 0 atom stereocenters. The van der Waals surface area contributed by atoms with E-state index in [0.29, 0.717) is 0 Å². The number of aromatic amines is 1. The molecular formula is C18H20N2. The molecule has 0 aliphatic rings. The van der Waals surface area contributed by atoms with Gasteiger partial charge in [-0.15, -0.1) is 0 Å². The smallest absolute Gasteiger partial charge is 0.139 e. The Morgan fingerprint density at radius 1 is 1.00 bits per heavy atom. The highest BCUT2D eigenvalue weighted by Gasteiger charge is 2.11. The van der Waals surface area contributed by atoms with Crippen molar-refractivity contribution in [2.75, 3.05) is 0 Å². The van der Waals surface area contributed by atoms with E-state index in [1.165, 1.54) is 27.8 Å². The largest absolute Gasteiger partial charge is 0.338 e. The Kier molecular flexibility index (Phi) is 3.09. The van der Waals surface area contributed by atoms with E-state index in [2.05, 4.69) is 63.0 Å². The third kappa shape index (κ3) is 2.11. The van der Waals surface area contributed by atoms with Crippen molar-refractivity contribution in [1.29, 1.82) is 0 Å². The van der Waals surface area contributed by atoms with Crippen LogP contribution in [0.5, 0.6) is 0 Å². The van der Waals surface area contributed by atoms with Crippen molar-refractivity contribution < 1.29 is 0 Å². The summed E-state index contributed by atoms with van der Waals surface area (Å²) >= 11 is 0. The molecule has 0 unspecified atom stereocenters. The molecule has 102 valence electrons. The Morgan fingerprint density at radius 2 is 1.70 bits per heavy atom. The lowest BCUT2D eigenvalue weighted by molar-refractivity contribution is 1.14. The Balaban J connectivity index is 2.20. The van der Waals surface area contributed by atoms with Gasteiger partial charge < -0.3 is 4.98 Å². The van der Waals surface area contributed by atoms with Gasteiger partial charge >= 0.3 is 0 Å². The number of benzene rings is 2. The van der Waals surface area contributed by atoms with Crippen molar-refractivity contribution in [2.24, 2.45) is 0 Å². The maximum Gasteiger partial charge on any atom is 0.139 e. The van der Waals surface area contributed by atoms with Crippen LogP contribution in [-0.4, -0.2) is 9.97 Å². The molecule has 0 spiro atoms. The van der Waals surface area contributed by atoms with Crippen LogP contribution in [0, 0.1) is 20.8 Å². The molecule has 3 rings (SSSR count). The minimum atomic E-state index is 0.975. The first-order chi connectivity index (χ1) is 9.58. The van der Waals surface area contributed by atoms with Gasteiger partial charge in [-0.05, 0) is 56.0 Å². The number of imidazole rings is 1. The summed E-state index contributed by atoms with van der Waals surface area (Å²) in [6.07, 6.45) is 1.05. The molecule has 0 saturated carbocycles. The van der Waals surface area contributed by atoms with Crippen molar-refractivity contribution in [3.05, 3.63) is 52.6 Å². The lowest BCUT2D eigenvalue weighted by Gasteiger charge is -2.08. The van der Waals surface area contributed by atoms with Crippen molar-refractivity contribution in [2.45, 2.75) is 34.1 Å². The number of nitrogens with zero attached hydrogens (tertiary/aromatic N) is 1. The first-order valence-electron chi connectivity index (χ1n) is 7.15. The number of rotatable bonds is 2. The van der Waals surface area contributed by atoms with E-state index in [1.807, 2.05) is 0 Å². The van der Waals surface area contributed by atoms with Crippen molar-refractivity contribution >= 4 is 11.0 Å². The summed E-state index contributed by atoms with van der Waals surface area (Å²) in [5, 5.41) is 0. The van der Waals surface area contributed by atoms with Gasteiger partial charge in [0.25, 0.3) is 0 Å². The Bertz CT molecular complexity index is 758. The molecule has 2 nitrogen and oxygen atoms in total. The van der Waals surface area contributed by atoms with Crippen LogP contribution >= 0.6 is 0 Å². The number of fused-ring (bicyclic) bond motifs is 1. The zero-order chi connectivity index (χ0) is 14.3. The predicted molar refractivity (Wildman–Crippen MR) is 85.1 cm³/mol. The van der Waals surface area contributed by atoms with E-state index in [-0.39, 0.29) is 0 Å². The highest BCUT2D eigenvalue weighted by Crippen LogP contribution is 2.28. The third-order valence-corrected chi connectivity index (χ3v) is 3.87. The van der Waals surface area contributed by atoms with E-state index >= 15 is 0 Å². The van der Waals surface area contributed by atoms with Gasteiger partial charge in [-0.2, -0.15) is 0 Å². The topological polar surface area (TPSA) is 28.7 Å². The Hall–Kier alpha value is -2.09. The second kappa shape index (κ2) is 4.78. The summed E-state index contributed by atoms with van der Waals surface area (Å²) in [6.45, 7) is 8.61. The molecule has 3 aromatic rings. The molecule has 20 heavy (non-hydrogen) atoms. The predicted octanol–water partition coefficient (Wildman–Crippen LogP) is 4.72. The summed E-state index contributed by atoms with van der Waals surface area (Å²) in [4.78, 5) is 8.23. The normalized spacial score (nSPS) is 11.2. The Morgan fingerprint density at radius 3 is 2.35 bits per heavy atom. The highest BCUT2D eigenvalue weighted by molar-refractivity contribution is 5.81. The first kappa shape index (κ1) is 12.9. The van der Waals surface area contributed by atoms with Crippen LogP contribution in [0.3, 0.4) is 0 Å². The fourth-order valence-electron chi connectivity index (χ4n) is 2.95. The standard InChI is InChI=1S/C18H20N2/c1-5-14-6-7-15-16(10-14)20-18(19-15)17-12(3)8-11(2)9-13(17)4/h6-10H,5H2,1-4H3,(H,19,20). The second-order valence-corrected chi connectivity index (χ2v) is 5.56. The van der Waals surface area contributed by atoms with Gasteiger partial charge in [0.1, 0.15) is 5.82 Å². The van der Waals surface area contributed by atoms with E-state index in [9.17, 15) is 0 Å². The molecule has 0 amide bonds. The van der Waals surface area contributed by atoms with Gasteiger partial charge in [0.05, 0.1) is 11.0 Å².